The maximum absolute atomic E-state index is 12.0. The molecule has 2 aromatic carbocycles. The summed E-state index contributed by atoms with van der Waals surface area (Å²) in [6.45, 7) is 0.446. The molecule has 0 aliphatic carbocycles. The highest BCUT2D eigenvalue weighted by Crippen LogP contribution is 2.27. The number of carbonyl (C=O) groups is 2. The fourth-order valence-corrected chi connectivity index (χ4v) is 2.38. The van der Waals surface area contributed by atoms with E-state index in [0.717, 1.165) is 5.56 Å². The maximum atomic E-state index is 12.0. The summed E-state index contributed by atoms with van der Waals surface area (Å²) in [6.07, 6.45) is 0.0593. The van der Waals surface area contributed by atoms with Crippen LogP contribution >= 0.6 is 0 Å². The van der Waals surface area contributed by atoms with Gasteiger partial charge in [0.1, 0.15) is 0 Å². The summed E-state index contributed by atoms with van der Waals surface area (Å²) < 4.78 is 15.0. The molecule has 0 unspecified atom stereocenters. The largest absolute Gasteiger partial charge is 0.493 e. The molecule has 3 N–H and O–H groups in total. The Morgan fingerprint density at radius 3 is 2.26 bits per heavy atom. The van der Waals surface area contributed by atoms with Crippen LogP contribution in [0.5, 0.6) is 11.5 Å². The molecular formula is C19H23N3O5. The number of nitrogens with one attached hydrogen (secondary N) is 3. The fraction of sp³-hybridized carbons (Fsp3) is 0.263. The Morgan fingerprint density at radius 1 is 0.889 bits per heavy atom. The second kappa shape index (κ2) is 9.91. The Labute approximate surface area is 157 Å². The average Bonchev–Trinajstić information content (AvgIpc) is 2.68. The zero-order chi connectivity index (χ0) is 19.6. The molecule has 0 radical (unpaired) electrons. The standard InChI is InChI=1S/C19H23N3O5/c1-25-16-8-7-13(11-17(16)26-2)9-10-20-18(23)21-14-5-4-6-15(12-14)22-19(24)27-3/h4-8,11-12H,9-10H2,1-3H3,(H,22,24)(H2,20,21,23). The Bertz CT molecular complexity index is 795. The van der Waals surface area contributed by atoms with Gasteiger partial charge in [0.05, 0.1) is 21.3 Å². The average molecular weight is 373 g/mol. The summed E-state index contributed by atoms with van der Waals surface area (Å²) in [5.41, 5.74) is 2.08. The van der Waals surface area contributed by atoms with E-state index >= 15 is 0 Å². The normalized spacial score (nSPS) is 9.89. The summed E-state index contributed by atoms with van der Waals surface area (Å²) in [4.78, 5) is 23.3. The van der Waals surface area contributed by atoms with Crippen molar-refractivity contribution in [2.24, 2.45) is 0 Å². The Hall–Kier alpha value is -3.42. The minimum atomic E-state index is -0.577. The molecule has 2 rings (SSSR count). The topological polar surface area (TPSA) is 97.9 Å². The number of amides is 3. The van der Waals surface area contributed by atoms with Gasteiger partial charge in [-0.3, -0.25) is 5.32 Å². The van der Waals surface area contributed by atoms with Gasteiger partial charge in [0.15, 0.2) is 11.5 Å². The summed E-state index contributed by atoms with van der Waals surface area (Å²) in [5.74, 6) is 1.31. The number of benzene rings is 2. The van der Waals surface area contributed by atoms with Crippen molar-refractivity contribution in [2.45, 2.75) is 6.42 Å². The number of anilines is 2. The smallest absolute Gasteiger partial charge is 0.411 e. The molecule has 0 bridgehead atoms. The van der Waals surface area contributed by atoms with E-state index in [-0.39, 0.29) is 6.03 Å². The molecule has 8 nitrogen and oxygen atoms in total. The first-order valence-corrected chi connectivity index (χ1v) is 8.26. The van der Waals surface area contributed by atoms with Gasteiger partial charge in [0.2, 0.25) is 0 Å². The van der Waals surface area contributed by atoms with Crippen molar-refractivity contribution in [3.05, 3.63) is 48.0 Å². The predicted molar refractivity (Wildman–Crippen MR) is 103 cm³/mol. The molecule has 2 aromatic rings. The molecule has 0 aliphatic heterocycles. The molecule has 0 spiro atoms. The summed E-state index contributed by atoms with van der Waals surface area (Å²) in [6, 6.07) is 12.0. The van der Waals surface area contributed by atoms with Crippen molar-refractivity contribution in [3.63, 3.8) is 0 Å². The van der Waals surface area contributed by atoms with Crippen LogP contribution < -0.4 is 25.4 Å². The van der Waals surface area contributed by atoms with Gasteiger partial charge in [-0.15, -0.1) is 0 Å². The monoisotopic (exact) mass is 373 g/mol. The van der Waals surface area contributed by atoms with Crippen LogP contribution in [0.3, 0.4) is 0 Å². The molecule has 0 saturated carbocycles. The van der Waals surface area contributed by atoms with Crippen molar-refractivity contribution in [3.8, 4) is 11.5 Å². The molecule has 0 aliphatic rings. The van der Waals surface area contributed by atoms with E-state index in [0.29, 0.717) is 35.8 Å². The first-order valence-electron chi connectivity index (χ1n) is 8.26. The van der Waals surface area contributed by atoms with E-state index in [4.69, 9.17) is 9.47 Å². The van der Waals surface area contributed by atoms with E-state index in [1.54, 1.807) is 38.5 Å². The van der Waals surface area contributed by atoms with E-state index in [2.05, 4.69) is 20.7 Å². The number of carbonyl (C=O) groups excluding carboxylic acids is 2. The molecule has 0 heterocycles. The Morgan fingerprint density at radius 2 is 1.59 bits per heavy atom. The van der Waals surface area contributed by atoms with E-state index in [1.165, 1.54) is 7.11 Å². The highest BCUT2D eigenvalue weighted by atomic mass is 16.5. The summed E-state index contributed by atoms with van der Waals surface area (Å²) in [5, 5.41) is 8.03. The van der Waals surface area contributed by atoms with Gasteiger partial charge < -0.3 is 24.8 Å². The third-order valence-corrected chi connectivity index (χ3v) is 3.70. The second-order valence-electron chi connectivity index (χ2n) is 5.52. The third-order valence-electron chi connectivity index (χ3n) is 3.70. The zero-order valence-corrected chi connectivity index (χ0v) is 15.5. The van der Waals surface area contributed by atoms with Gasteiger partial charge in [-0.05, 0) is 42.3 Å². The Kier molecular flexibility index (Phi) is 7.30. The lowest BCUT2D eigenvalue weighted by Gasteiger charge is -2.11. The number of rotatable bonds is 7. The predicted octanol–water partition coefficient (Wildman–Crippen LogP) is 3.25. The van der Waals surface area contributed by atoms with Crippen LogP contribution in [0.4, 0.5) is 21.0 Å². The van der Waals surface area contributed by atoms with Crippen molar-refractivity contribution in [1.29, 1.82) is 0 Å². The van der Waals surface area contributed by atoms with Crippen molar-refractivity contribution in [1.82, 2.24) is 5.32 Å². The molecule has 0 fully saturated rings. The van der Waals surface area contributed by atoms with Crippen molar-refractivity contribution >= 4 is 23.5 Å². The lowest BCUT2D eigenvalue weighted by Crippen LogP contribution is -2.30. The quantitative estimate of drug-likeness (QED) is 0.692. The lowest BCUT2D eigenvalue weighted by molar-refractivity contribution is 0.187. The second-order valence-corrected chi connectivity index (χ2v) is 5.52. The maximum Gasteiger partial charge on any atom is 0.411 e. The van der Waals surface area contributed by atoms with Gasteiger partial charge in [0.25, 0.3) is 0 Å². The first kappa shape index (κ1) is 19.9. The van der Waals surface area contributed by atoms with Crippen molar-refractivity contribution < 1.29 is 23.8 Å². The molecule has 3 amide bonds. The van der Waals surface area contributed by atoms with Crippen molar-refractivity contribution in [2.75, 3.05) is 38.5 Å². The van der Waals surface area contributed by atoms with Gasteiger partial charge >= 0.3 is 12.1 Å². The number of hydrogen-bond acceptors (Lipinski definition) is 5. The highest BCUT2D eigenvalue weighted by Gasteiger charge is 2.07. The third kappa shape index (κ3) is 6.10. The Balaban J connectivity index is 1.84. The SMILES string of the molecule is COC(=O)Nc1cccc(NC(=O)NCCc2ccc(OC)c(OC)c2)c1. The van der Waals surface area contributed by atoms with Crippen LogP contribution in [0, 0.1) is 0 Å². The number of hydrogen-bond donors (Lipinski definition) is 3. The molecule has 144 valence electrons. The summed E-state index contributed by atoms with van der Waals surface area (Å²) in [7, 11) is 4.44. The number of urea groups is 1. The molecule has 0 aromatic heterocycles. The van der Waals surface area contributed by atoms with Crippen LogP contribution in [0.15, 0.2) is 42.5 Å². The fourth-order valence-electron chi connectivity index (χ4n) is 2.38. The van der Waals surface area contributed by atoms with E-state index in [1.807, 2.05) is 18.2 Å². The van der Waals surface area contributed by atoms with Gasteiger partial charge in [-0.2, -0.15) is 0 Å². The van der Waals surface area contributed by atoms with Gasteiger partial charge in [-0.1, -0.05) is 12.1 Å². The van der Waals surface area contributed by atoms with Crippen LogP contribution in [0.1, 0.15) is 5.56 Å². The highest BCUT2D eigenvalue weighted by molar-refractivity contribution is 5.91. The number of ether oxygens (including phenoxy) is 3. The van der Waals surface area contributed by atoms with E-state index in [9.17, 15) is 9.59 Å². The van der Waals surface area contributed by atoms with Gasteiger partial charge in [-0.25, -0.2) is 9.59 Å². The number of methoxy groups -OCH3 is 3. The molecule has 0 saturated heterocycles. The van der Waals surface area contributed by atoms with Gasteiger partial charge in [0, 0.05) is 17.9 Å². The van der Waals surface area contributed by atoms with Crippen LogP contribution in [0.25, 0.3) is 0 Å². The van der Waals surface area contributed by atoms with Crippen LogP contribution in [0.2, 0.25) is 0 Å². The van der Waals surface area contributed by atoms with E-state index < -0.39 is 6.09 Å². The minimum absolute atomic E-state index is 0.342. The molecule has 27 heavy (non-hydrogen) atoms. The summed E-state index contributed by atoms with van der Waals surface area (Å²) >= 11 is 0. The first-order chi connectivity index (χ1) is 13.0. The zero-order valence-electron chi connectivity index (χ0n) is 15.5. The molecular weight excluding hydrogens is 350 g/mol. The molecule has 8 heteroatoms. The minimum Gasteiger partial charge on any atom is -0.493 e. The molecule has 0 atom stereocenters. The lowest BCUT2D eigenvalue weighted by atomic mass is 10.1. The van der Waals surface area contributed by atoms with Crippen LogP contribution in [-0.2, 0) is 11.2 Å². The van der Waals surface area contributed by atoms with Crippen LogP contribution in [-0.4, -0.2) is 40.0 Å².